The smallest absolute Gasteiger partial charge is 0.134 e. The van der Waals surface area contributed by atoms with Crippen LogP contribution in [0, 0.1) is 0 Å². The summed E-state index contributed by atoms with van der Waals surface area (Å²) in [6.07, 6.45) is 1.66. The van der Waals surface area contributed by atoms with Gasteiger partial charge in [0.2, 0.25) is 0 Å². The summed E-state index contributed by atoms with van der Waals surface area (Å²) in [6.45, 7) is 0.646. The van der Waals surface area contributed by atoms with Crippen LogP contribution in [0.15, 0.2) is 53.1 Å². The van der Waals surface area contributed by atoms with Gasteiger partial charge in [0.15, 0.2) is 0 Å². The maximum Gasteiger partial charge on any atom is 0.134 e. The van der Waals surface area contributed by atoms with Crippen LogP contribution in [-0.2, 0) is 12.3 Å². The lowest BCUT2D eigenvalue weighted by Gasteiger charge is -2.05. The van der Waals surface area contributed by atoms with Crippen LogP contribution in [0.25, 0.3) is 0 Å². The van der Waals surface area contributed by atoms with Gasteiger partial charge in [-0.1, -0.05) is 54.3 Å². The lowest BCUT2D eigenvalue weighted by atomic mass is 10.2. The summed E-state index contributed by atoms with van der Waals surface area (Å²) in [6, 6.07) is 14.1. The van der Waals surface area contributed by atoms with Crippen LogP contribution >= 0.6 is 24.0 Å². The number of thioether (sulfide) groups is 1. The van der Waals surface area contributed by atoms with Crippen LogP contribution in [0.3, 0.4) is 0 Å². The highest BCUT2D eigenvalue weighted by molar-refractivity contribution is 8.22. The van der Waals surface area contributed by atoms with Crippen LogP contribution < -0.4 is 5.32 Å². The lowest BCUT2D eigenvalue weighted by Crippen LogP contribution is -2.17. The average Bonchev–Trinajstić information content (AvgIpc) is 2.88. The van der Waals surface area contributed by atoms with Crippen LogP contribution in [0.1, 0.15) is 11.3 Å². The maximum absolute atomic E-state index is 5.24. The predicted octanol–water partition coefficient (Wildman–Crippen LogP) is 3.59. The molecule has 0 atom stereocenters. The first-order chi connectivity index (χ1) is 8.34. The Morgan fingerprint density at radius 1 is 1.18 bits per heavy atom. The Hall–Kier alpha value is -1.26. The molecule has 4 heteroatoms. The van der Waals surface area contributed by atoms with E-state index in [1.807, 2.05) is 30.3 Å². The van der Waals surface area contributed by atoms with Crippen LogP contribution in [0.5, 0.6) is 0 Å². The molecule has 88 valence electrons. The van der Waals surface area contributed by atoms with Crippen molar-refractivity contribution in [3.63, 3.8) is 0 Å². The van der Waals surface area contributed by atoms with Crippen molar-refractivity contribution in [2.75, 3.05) is 0 Å². The summed E-state index contributed by atoms with van der Waals surface area (Å²) < 4.78 is 6.01. The lowest BCUT2D eigenvalue weighted by molar-refractivity contribution is 0.504. The zero-order valence-corrected chi connectivity index (χ0v) is 10.9. The molecule has 1 N–H and O–H groups in total. The van der Waals surface area contributed by atoms with E-state index >= 15 is 0 Å². The Morgan fingerprint density at radius 2 is 2.00 bits per heavy atom. The maximum atomic E-state index is 5.24. The number of benzene rings is 1. The molecule has 0 fully saturated rings. The topological polar surface area (TPSA) is 25.2 Å². The van der Waals surface area contributed by atoms with Gasteiger partial charge in [0.05, 0.1) is 12.8 Å². The Bertz CT molecular complexity index is 454. The summed E-state index contributed by atoms with van der Waals surface area (Å²) in [4.78, 5) is 0. The Labute approximate surface area is 110 Å². The third-order valence-electron chi connectivity index (χ3n) is 2.20. The molecule has 0 aliphatic heterocycles. The molecule has 1 heterocycles. The second-order valence-corrected chi connectivity index (χ2v) is 5.15. The van der Waals surface area contributed by atoms with Gasteiger partial charge in [0, 0.05) is 5.75 Å². The Morgan fingerprint density at radius 3 is 2.71 bits per heavy atom. The average molecular weight is 263 g/mol. The minimum absolute atomic E-state index is 0.646. The van der Waals surface area contributed by atoms with Crippen molar-refractivity contribution in [1.29, 1.82) is 0 Å². The normalized spacial score (nSPS) is 10.1. The Balaban J connectivity index is 1.71. The van der Waals surface area contributed by atoms with Gasteiger partial charge in [0.25, 0.3) is 0 Å². The fourth-order valence-electron chi connectivity index (χ4n) is 1.35. The quantitative estimate of drug-likeness (QED) is 0.852. The SMILES string of the molecule is S=C(NCc1ccco1)SCc1ccccc1. The van der Waals surface area contributed by atoms with E-state index in [0.29, 0.717) is 6.54 Å². The van der Waals surface area contributed by atoms with Crippen LogP contribution in [0.4, 0.5) is 0 Å². The van der Waals surface area contributed by atoms with E-state index in [2.05, 4.69) is 17.4 Å². The Kier molecular flexibility index (Phi) is 4.64. The van der Waals surface area contributed by atoms with Crippen molar-refractivity contribution < 1.29 is 4.42 Å². The van der Waals surface area contributed by atoms with E-state index in [0.717, 1.165) is 15.8 Å². The predicted molar refractivity (Wildman–Crippen MR) is 75.9 cm³/mol. The zero-order chi connectivity index (χ0) is 11.9. The first kappa shape index (κ1) is 12.2. The van der Waals surface area contributed by atoms with E-state index in [1.165, 1.54) is 5.56 Å². The molecule has 0 unspecified atom stereocenters. The molecular weight excluding hydrogens is 250 g/mol. The van der Waals surface area contributed by atoms with E-state index in [9.17, 15) is 0 Å². The van der Waals surface area contributed by atoms with E-state index < -0.39 is 0 Å². The van der Waals surface area contributed by atoms with Gasteiger partial charge in [0.1, 0.15) is 10.1 Å². The van der Waals surface area contributed by atoms with E-state index in [-0.39, 0.29) is 0 Å². The van der Waals surface area contributed by atoms with Gasteiger partial charge < -0.3 is 9.73 Å². The summed E-state index contributed by atoms with van der Waals surface area (Å²) in [5, 5.41) is 3.16. The number of rotatable bonds is 4. The van der Waals surface area contributed by atoms with Gasteiger partial charge in [-0.2, -0.15) is 0 Å². The van der Waals surface area contributed by atoms with Crippen LogP contribution in [0.2, 0.25) is 0 Å². The van der Waals surface area contributed by atoms with Gasteiger partial charge in [-0.05, 0) is 17.7 Å². The fraction of sp³-hybridized carbons (Fsp3) is 0.154. The largest absolute Gasteiger partial charge is 0.467 e. The van der Waals surface area contributed by atoms with Crippen molar-refractivity contribution >= 4 is 28.3 Å². The van der Waals surface area contributed by atoms with E-state index in [1.54, 1.807) is 18.0 Å². The molecule has 2 rings (SSSR count). The highest BCUT2D eigenvalue weighted by Gasteiger charge is 2.00. The van der Waals surface area contributed by atoms with Crippen molar-refractivity contribution in [2.45, 2.75) is 12.3 Å². The molecule has 0 aliphatic rings. The molecule has 1 aromatic heterocycles. The van der Waals surface area contributed by atoms with Gasteiger partial charge in [-0.15, -0.1) is 0 Å². The van der Waals surface area contributed by atoms with Crippen molar-refractivity contribution in [2.24, 2.45) is 0 Å². The molecule has 17 heavy (non-hydrogen) atoms. The number of hydrogen-bond donors (Lipinski definition) is 1. The highest BCUT2D eigenvalue weighted by Crippen LogP contribution is 2.13. The van der Waals surface area contributed by atoms with Crippen molar-refractivity contribution in [3.8, 4) is 0 Å². The third kappa shape index (κ3) is 4.24. The zero-order valence-electron chi connectivity index (χ0n) is 9.26. The monoisotopic (exact) mass is 263 g/mol. The second kappa shape index (κ2) is 6.47. The standard InChI is InChI=1S/C13H13NOS2/c16-13(14-9-12-7-4-8-15-12)17-10-11-5-2-1-3-6-11/h1-8H,9-10H2,(H,14,16). The first-order valence-electron chi connectivity index (χ1n) is 5.31. The summed E-state index contributed by atoms with van der Waals surface area (Å²) in [5.41, 5.74) is 1.28. The second-order valence-electron chi connectivity index (χ2n) is 3.49. The molecule has 0 spiro atoms. The number of furan rings is 1. The van der Waals surface area contributed by atoms with Crippen LogP contribution in [-0.4, -0.2) is 4.32 Å². The molecule has 2 aromatic rings. The van der Waals surface area contributed by atoms with Crippen molar-refractivity contribution in [1.82, 2.24) is 5.32 Å². The molecule has 0 aliphatic carbocycles. The number of nitrogens with one attached hydrogen (secondary N) is 1. The first-order valence-corrected chi connectivity index (χ1v) is 6.71. The molecule has 0 bridgehead atoms. The molecule has 2 nitrogen and oxygen atoms in total. The molecule has 1 aromatic carbocycles. The molecular formula is C13H13NOS2. The summed E-state index contributed by atoms with van der Waals surface area (Å²) in [5.74, 6) is 1.79. The van der Waals surface area contributed by atoms with Crippen molar-refractivity contribution in [3.05, 3.63) is 60.1 Å². The highest BCUT2D eigenvalue weighted by atomic mass is 32.2. The number of thiocarbonyl (C=S) groups is 1. The number of hydrogen-bond acceptors (Lipinski definition) is 3. The minimum atomic E-state index is 0.646. The van der Waals surface area contributed by atoms with Gasteiger partial charge in [-0.3, -0.25) is 0 Å². The fourth-order valence-corrected chi connectivity index (χ4v) is 2.26. The molecule has 0 radical (unpaired) electrons. The van der Waals surface area contributed by atoms with Gasteiger partial charge >= 0.3 is 0 Å². The molecule has 0 saturated carbocycles. The minimum Gasteiger partial charge on any atom is -0.467 e. The summed E-state index contributed by atoms with van der Waals surface area (Å²) >= 11 is 6.87. The third-order valence-corrected chi connectivity index (χ3v) is 3.58. The van der Waals surface area contributed by atoms with Gasteiger partial charge in [-0.25, -0.2) is 0 Å². The summed E-state index contributed by atoms with van der Waals surface area (Å²) in [7, 11) is 0. The molecule has 0 amide bonds. The van der Waals surface area contributed by atoms with E-state index in [4.69, 9.17) is 16.6 Å². The molecule has 0 saturated heterocycles.